The lowest BCUT2D eigenvalue weighted by molar-refractivity contribution is 0.237. The first-order valence-electron chi connectivity index (χ1n) is 5.06. The van der Waals surface area contributed by atoms with Gasteiger partial charge in [0.05, 0.1) is 11.1 Å². The smallest absolute Gasteiger partial charge is 0.144 e. The van der Waals surface area contributed by atoms with Crippen LogP contribution in [0.25, 0.3) is 0 Å². The number of hydrogen-bond acceptors (Lipinski definition) is 2. The highest BCUT2D eigenvalue weighted by Gasteiger charge is 2.13. The van der Waals surface area contributed by atoms with Gasteiger partial charge in [-0.1, -0.05) is 6.92 Å². The monoisotopic (exact) mass is 293 g/mol. The second-order valence-corrected chi connectivity index (χ2v) is 4.34. The van der Waals surface area contributed by atoms with E-state index in [0.29, 0.717) is 6.42 Å². The van der Waals surface area contributed by atoms with Crippen LogP contribution in [0.15, 0.2) is 16.6 Å². The number of aliphatic hydroxyl groups is 1. The van der Waals surface area contributed by atoms with Crippen LogP contribution in [0.2, 0.25) is 0 Å². The van der Waals surface area contributed by atoms with Crippen LogP contribution in [0.3, 0.4) is 0 Å². The third kappa shape index (κ3) is 3.23. The molecule has 0 fully saturated rings. The van der Waals surface area contributed by atoms with E-state index in [-0.39, 0.29) is 29.2 Å². The number of halogens is 3. The molecular weight excluding hydrogens is 280 g/mol. The Morgan fingerprint density at radius 1 is 1.44 bits per heavy atom. The molecule has 0 radical (unpaired) electrons. The molecule has 0 bridgehead atoms. The molecule has 0 heterocycles. The summed E-state index contributed by atoms with van der Waals surface area (Å²) in [5, 5.41) is 11.8. The van der Waals surface area contributed by atoms with Crippen LogP contribution in [-0.2, 0) is 6.54 Å². The molecular formula is C11H14BrF2NO. The van der Waals surface area contributed by atoms with Gasteiger partial charge < -0.3 is 10.4 Å². The van der Waals surface area contributed by atoms with Gasteiger partial charge >= 0.3 is 0 Å². The summed E-state index contributed by atoms with van der Waals surface area (Å²) in [6.45, 7) is 1.91. The van der Waals surface area contributed by atoms with Crippen molar-refractivity contribution in [2.45, 2.75) is 25.9 Å². The van der Waals surface area contributed by atoms with Gasteiger partial charge in [-0.15, -0.1) is 0 Å². The van der Waals surface area contributed by atoms with Gasteiger partial charge in [0, 0.05) is 18.2 Å². The Morgan fingerprint density at radius 3 is 2.69 bits per heavy atom. The summed E-state index contributed by atoms with van der Waals surface area (Å²) in [4.78, 5) is 0. The van der Waals surface area contributed by atoms with Crippen molar-refractivity contribution < 1.29 is 13.9 Å². The molecule has 90 valence electrons. The van der Waals surface area contributed by atoms with Crippen LogP contribution < -0.4 is 5.32 Å². The first kappa shape index (κ1) is 13.5. The number of nitrogens with one attached hydrogen (secondary N) is 1. The molecule has 2 N–H and O–H groups in total. The first-order valence-corrected chi connectivity index (χ1v) is 5.86. The highest BCUT2D eigenvalue weighted by atomic mass is 79.9. The van der Waals surface area contributed by atoms with Crippen molar-refractivity contribution in [1.29, 1.82) is 0 Å². The summed E-state index contributed by atoms with van der Waals surface area (Å²) in [5.41, 5.74) is -0.0127. The molecule has 0 saturated heterocycles. The quantitative estimate of drug-likeness (QED) is 0.818. The van der Waals surface area contributed by atoms with Gasteiger partial charge in [0.1, 0.15) is 11.6 Å². The predicted octanol–water partition coefficient (Wildman–Crippen LogP) is 2.59. The molecule has 0 aliphatic heterocycles. The number of hydrogen-bond donors (Lipinski definition) is 2. The van der Waals surface area contributed by atoms with Crippen molar-refractivity contribution in [2.24, 2.45) is 0 Å². The lowest BCUT2D eigenvalue weighted by Crippen LogP contribution is -2.31. The second-order valence-electron chi connectivity index (χ2n) is 3.49. The van der Waals surface area contributed by atoms with Crippen molar-refractivity contribution in [3.8, 4) is 0 Å². The van der Waals surface area contributed by atoms with Gasteiger partial charge in [-0.05, 0) is 34.5 Å². The highest BCUT2D eigenvalue weighted by molar-refractivity contribution is 9.10. The minimum absolute atomic E-state index is 0.0127. The van der Waals surface area contributed by atoms with Crippen LogP contribution in [0.5, 0.6) is 0 Å². The van der Waals surface area contributed by atoms with E-state index in [0.717, 1.165) is 0 Å². The summed E-state index contributed by atoms with van der Waals surface area (Å²) in [6, 6.07) is 2.40. The lowest BCUT2D eigenvalue weighted by atomic mass is 10.1. The van der Waals surface area contributed by atoms with Crippen LogP contribution >= 0.6 is 15.9 Å². The summed E-state index contributed by atoms with van der Waals surface area (Å²) < 4.78 is 27.1. The number of benzene rings is 1. The maximum absolute atomic E-state index is 13.5. The fourth-order valence-electron chi connectivity index (χ4n) is 1.32. The Kier molecular flexibility index (Phi) is 5.31. The Labute approximate surface area is 102 Å². The van der Waals surface area contributed by atoms with Crippen molar-refractivity contribution >= 4 is 15.9 Å². The number of aliphatic hydroxyl groups excluding tert-OH is 1. The molecule has 0 amide bonds. The van der Waals surface area contributed by atoms with Crippen molar-refractivity contribution in [1.82, 2.24) is 5.32 Å². The Bertz CT molecular complexity index is 356. The maximum atomic E-state index is 13.5. The molecule has 5 heteroatoms. The van der Waals surface area contributed by atoms with E-state index in [1.165, 1.54) is 12.1 Å². The van der Waals surface area contributed by atoms with E-state index < -0.39 is 11.6 Å². The van der Waals surface area contributed by atoms with E-state index in [2.05, 4.69) is 21.2 Å². The fourth-order valence-corrected chi connectivity index (χ4v) is 1.69. The van der Waals surface area contributed by atoms with E-state index in [1.807, 2.05) is 6.92 Å². The molecule has 0 spiro atoms. The number of rotatable bonds is 5. The third-order valence-electron chi connectivity index (χ3n) is 2.42. The van der Waals surface area contributed by atoms with Crippen LogP contribution in [0, 0.1) is 11.6 Å². The van der Waals surface area contributed by atoms with Crippen LogP contribution in [-0.4, -0.2) is 17.8 Å². The topological polar surface area (TPSA) is 32.3 Å². The summed E-state index contributed by atoms with van der Waals surface area (Å²) in [7, 11) is 0. The average molecular weight is 294 g/mol. The zero-order chi connectivity index (χ0) is 12.1. The summed E-state index contributed by atoms with van der Waals surface area (Å²) in [6.07, 6.45) is 0.702. The SMILES string of the molecule is CCC(CO)NCc1c(F)ccc(Br)c1F. The molecule has 1 aromatic carbocycles. The van der Waals surface area contributed by atoms with Crippen molar-refractivity contribution in [3.63, 3.8) is 0 Å². The largest absolute Gasteiger partial charge is 0.395 e. The predicted molar refractivity (Wildman–Crippen MR) is 62.1 cm³/mol. The maximum Gasteiger partial charge on any atom is 0.144 e. The van der Waals surface area contributed by atoms with Crippen LogP contribution in [0.4, 0.5) is 8.78 Å². The van der Waals surface area contributed by atoms with Crippen LogP contribution in [0.1, 0.15) is 18.9 Å². The van der Waals surface area contributed by atoms with E-state index in [9.17, 15) is 8.78 Å². The standard InChI is InChI=1S/C11H14BrF2NO/c1-2-7(6-16)15-5-8-10(13)4-3-9(12)11(8)14/h3-4,7,15-16H,2,5-6H2,1H3. The van der Waals surface area contributed by atoms with Gasteiger partial charge in [0.15, 0.2) is 0 Å². The zero-order valence-electron chi connectivity index (χ0n) is 8.93. The third-order valence-corrected chi connectivity index (χ3v) is 3.03. The molecule has 1 aromatic rings. The lowest BCUT2D eigenvalue weighted by Gasteiger charge is -2.15. The van der Waals surface area contributed by atoms with Crippen molar-refractivity contribution in [2.75, 3.05) is 6.61 Å². The first-order chi connectivity index (χ1) is 7.60. The molecule has 0 aliphatic rings. The minimum atomic E-state index is -0.597. The van der Waals surface area contributed by atoms with E-state index >= 15 is 0 Å². The molecule has 1 atom stereocenters. The van der Waals surface area contributed by atoms with E-state index in [4.69, 9.17) is 5.11 Å². The summed E-state index contributed by atoms with van der Waals surface area (Å²) in [5.74, 6) is -1.18. The van der Waals surface area contributed by atoms with Gasteiger partial charge in [-0.3, -0.25) is 0 Å². The van der Waals surface area contributed by atoms with Gasteiger partial charge in [0.2, 0.25) is 0 Å². The summed E-state index contributed by atoms with van der Waals surface area (Å²) >= 11 is 3.00. The van der Waals surface area contributed by atoms with Crippen molar-refractivity contribution in [3.05, 3.63) is 33.8 Å². The normalized spacial score (nSPS) is 12.8. The highest BCUT2D eigenvalue weighted by Crippen LogP contribution is 2.21. The molecule has 16 heavy (non-hydrogen) atoms. The fraction of sp³-hybridized carbons (Fsp3) is 0.455. The average Bonchev–Trinajstić information content (AvgIpc) is 2.29. The van der Waals surface area contributed by atoms with E-state index in [1.54, 1.807) is 0 Å². The molecule has 2 nitrogen and oxygen atoms in total. The Morgan fingerprint density at radius 2 is 2.12 bits per heavy atom. The Hall–Kier alpha value is -0.520. The Balaban J connectivity index is 2.77. The second kappa shape index (κ2) is 6.27. The molecule has 1 rings (SSSR count). The molecule has 0 aromatic heterocycles. The molecule has 0 aliphatic carbocycles. The van der Waals surface area contributed by atoms with Gasteiger partial charge in [-0.2, -0.15) is 0 Å². The molecule has 1 unspecified atom stereocenters. The molecule has 0 saturated carbocycles. The van der Waals surface area contributed by atoms with Gasteiger partial charge in [-0.25, -0.2) is 8.78 Å². The minimum Gasteiger partial charge on any atom is -0.395 e. The zero-order valence-corrected chi connectivity index (χ0v) is 10.5. The van der Waals surface area contributed by atoms with Gasteiger partial charge in [0.25, 0.3) is 0 Å².